The van der Waals surface area contributed by atoms with Gasteiger partial charge < -0.3 is 50.2 Å². The third-order valence-corrected chi connectivity index (χ3v) is 3.94. The fourth-order valence-corrected chi connectivity index (χ4v) is 2.67. The highest BCUT2D eigenvalue weighted by Gasteiger charge is 2.49. The van der Waals surface area contributed by atoms with Gasteiger partial charge in [0.2, 0.25) is 18.0 Å². The van der Waals surface area contributed by atoms with Crippen molar-refractivity contribution in [2.24, 2.45) is 0 Å². The lowest BCUT2D eigenvalue weighted by atomic mass is 9.96. The van der Waals surface area contributed by atoms with Crippen molar-refractivity contribution < 1.29 is 54.4 Å². The van der Waals surface area contributed by atoms with Gasteiger partial charge in [-0.25, -0.2) is 4.79 Å². The summed E-state index contributed by atoms with van der Waals surface area (Å²) in [7, 11) is 0. The molecule has 2 heterocycles. The van der Waals surface area contributed by atoms with E-state index in [1.165, 1.54) is 0 Å². The molecular formula is C14H21NO11. The van der Waals surface area contributed by atoms with Gasteiger partial charge in [0.25, 0.3) is 0 Å². The molecule has 0 aromatic carbocycles. The van der Waals surface area contributed by atoms with Gasteiger partial charge >= 0.3 is 5.97 Å². The first-order valence-corrected chi connectivity index (χ1v) is 7.68. The average molecular weight is 379 g/mol. The first-order chi connectivity index (χ1) is 12.1. The molecule has 1 amide bonds. The number of carbonyl (C=O) groups excluding carboxylic acids is 1. The lowest BCUT2D eigenvalue weighted by molar-refractivity contribution is -0.302. The van der Waals surface area contributed by atoms with Crippen LogP contribution in [0.1, 0.15) is 6.92 Å². The van der Waals surface area contributed by atoms with E-state index in [2.05, 4.69) is 5.32 Å². The van der Waals surface area contributed by atoms with Crippen molar-refractivity contribution in [3.63, 3.8) is 0 Å². The number of amides is 1. The minimum atomic E-state index is -1.73. The van der Waals surface area contributed by atoms with Crippen LogP contribution in [0.15, 0.2) is 11.8 Å². The van der Waals surface area contributed by atoms with E-state index in [9.17, 15) is 35.1 Å². The van der Waals surface area contributed by atoms with E-state index in [0.29, 0.717) is 0 Å². The highest BCUT2D eigenvalue weighted by molar-refractivity contribution is 5.84. The molecule has 0 spiro atoms. The zero-order valence-electron chi connectivity index (χ0n) is 13.6. The average Bonchev–Trinajstić information content (AvgIpc) is 2.56. The Labute approximate surface area is 147 Å². The van der Waals surface area contributed by atoms with Crippen LogP contribution in [0.2, 0.25) is 0 Å². The van der Waals surface area contributed by atoms with Crippen molar-refractivity contribution in [2.45, 2.75) is 56.1 Å². The number of aliphatic hydroxyl groups is 5. The van der Waals surface area contributed by atoms with Crippen LogP contribution in [0.5, 0.6) is 0 Å². The second-order valence-electron chi connectivity index (χ2n) is 5.87. The van der Waals surface area contributed by atoms with E-state index in [4.69, 9.17) is 19.3 Å². The van der Waals surface area contributed by atoms with E-state index in [-0.39, 0.29) is 0 Å². The van der Waals surface area contributed by atoms with Crippen LogP contribution in [0.4, 0.5) is 0 Å². The van der Waals surface area contributed by atoms with E-state index in [1.807, 2.05) is 0 Å². The van der Waals surface area contributed by atoms with Crippen LogP contribution in [-0.4, -0.2) is 98.3 Å². The Bertz CT molecular complexity index is 567. The van der Waals surface area contributed by atoms with Crippen molar-refractivity contribution in [2.75, 3.05) is 6.61 Å². The van der Waals surface area contributed by atoms with Crippen LogP contribution in [-0.2, 0) is 23.8 Å². The Balaban J connectivity index is 2.24. The number of nitrogens with one attached hydrogen (secondary N) is 1. The topological polar surface area (TPSA) is 195 Å². The number of carbonyl (C=O) groups is 2. The molecule has 0 saturated carbocycles. The van der Waals surface area contributed by atoms with Gasteiger partial charge in [-0.1, -0.05) is 0 Å². The number of rotatable bonds is 5. The van der Waals surface area contributed by atoms with Crippen molar-refractivity contribution >= 4 is 11.9 Å². The molecule has 12 nitrogen and oxygen atoms in total. The van der Waals surface area contributed by atoms with Gasteiger partial charge in [0.15, 0.2) is 6.29 Å². The van der Waals surface area contributed by atoms with Gasteiger partial charge in [-0.2, -0.15) is 0 Å². The second kappa shape index (κ2) is 8.26. The molecule has 0 unspecified atom stereocenters. The predicted molar refractivity (Wildman–Crippen MR) is 79.1 cm³/mol. The first-order valence-electron chi connectivity index (χ1n) is 7.68. The van der Waals surface area contributed by atoms with Gasteiger partial charge in [-0.3, -0.25) is 4.79 Å². The maximum Gasteiger partial charge on any atom is 0.371 e. The van der Waals surface area contributed by atoms with Gasteiger partial charge in [0, 0.05) is 6.92 Å². The summed E-state index contributed by atoms with van der Waals surface area (Å²) < 4.78 is 15.3. The molecule has 12 heteroatoms. The Morgan fingerprint density at radius 3 is 2.42 bits per heavy atom. The fraction of sp³-hybridized carbons (Fsp3) is 0.714. The standard InChI is InChI=1S/C14H21NO11/c1-4(17)15-8-11(10(20)7(3-16)24-13(8)23)26-14-9(19)5(18)2-6(25-14)12(21)22/h2,5,7-11,13-14,16,18-20,23H,3H2,1H3,(H,15,17)(H,21,22)/t5-,7+,8+,9+,10-,11+,13+,14-/m0/s1. The Morgan fingerprint density at radius 1 is 1.23 bits per heavy atom. The molecule has 8 atom stereocenters. The SMILES string of the molecule is CC(=O)N[C@@H]1[C@@H](O[C@@H]2OC(C(=O)O)=C[C@H](O)[C@H]2O)[C@@H](O)[C@@H](CO)O[C@H]1O. The summed E-state index contributed by atoms with van der Waals surface area (Å²) in [5.41, 5.74) is 0. The van der Waals surface area contributed by atoms with Crippen molar-refractivity contribution in [3.8, 4) is 0 Å². The van der Waals surface area contributed by atoms with E-state index in [1.54, 1.807) is 0 Å². The highest BCUT2D eigenvalue weighted by atomic mass is 16.7. The number of aliphatic hydroxyl groups excluding tert-OH is 5. The molecule has 148 valence electrons. The van der Waals surface area contributed by atoms with E-state index >= 15 is 0 Å². The van der Waals surface area contributed by atoms with Crippen molar-refractivity contribution in [1.82, 2.24) is 5.32 Å². The molecule has 0 radical (unpaired) electrons. The summed E-state index contributed by atoms with van der Waals surface area (Å²) in [4.78, 5) is 22.4. The molecule has 1 fully saturated rings. The summed E-state index contributed by atoms with van der Waals surface area (Å²) in [6.45, 7) is 0.442. The van der Waals surface area contributed by atoms with E-state index < -0.39 is 73.4 Å². The number of hydrogen-bond donors (Lipinski definition) is 7. The summed E-state index contributed by atoms with van der Waals surface area (Å²) in [5, 5.41) is 60.5. The lowest BCUT2D eigenvalue weighted by Gasteiger charge is -2.44. The monoisotopic (exact) mass is 379 g/mol. The lowest BCUT2D eigenvalue weighted by Crippen LogP contribution is -2.66. The van der Waals surface area contributed by atoms with Crippen LogP contribution in [0, 0.1) is 0 Å². The molecule has 0 aliphatic carbocycles. The molecule has 2 aliphatic heterocycles. The smallest absolute Gasteiger partial charge is 0.371 e. The second-order valence-corrected chi connectivity index (χ2v) is 5.87. The third-order valence-electron chi connectivity index (χ3n) is 3.94. The molecule has 26 heavy (non-hydrogen) atoms. The Kier molecular flexibility index (Phi) is 6.52. The largest absolute Gasteiger partial charge is 0.475 e. The van der Waals surface area contributed by atoms with Crippen LogP contribution >= 0.6 is 0 Å². The maximum atomic E-state index is 11.3. The van der Waals surface area contributed by atoms with Gasteiger partial charge in [-0.15, -0.1) is 0 Å². The zero-order chi connectivity index (χ0) is 19.6. The summed E-state index contributed by atoms with van der Waals surface area (Å²) in [5.74, 6) is -2.81. The van der Waals surface area contributed by atoms with Crippen LogP contribution in [0.3, 0.4) is 0 Å². The van der Waals surface area contributed by atoms with Crippen molar-refractivity contribution in [1.29, 1.82) is 0 Å². The minimum absolute atomic E-state index is 0.600. The molecule has 2 aliphatic rings. The van der Waals surface area contributed by atoms with Gasteiger partial charge in [-0.05, 0) is 6.08 Å². The number of aliphatic carboxylic acids is 1. The molecule has 7 N–H and O–H groups in total. The fourth-order valence-electron chi connectivity index (χ4n) is 2.67. The maximum absolute atomic E-state index is 11.3. The summed E-state index contributed by atoms with van der Waals surface area (Å²) >= 11 is 0. The number of carboxylic acid groups (broad SMARTS) is 1. The number of hydrogen-bond acceptors (Lipinski definition) is 10. The van der Waals surface area contributed by atoms with Gasteiger partial charge in [0.05, 0.1) is 6.61 Å². The molecule has 2 rings (SSSR count). The quantitative estimate of drug-likeness (QED) is 0.246. The highest BCUT2D eigenvalue weighted by Crippen LogP contribution is 2.27. The predicted octanol–water partition coefficient (Wildman–Crippen LogP) is -4.01. The zero-order valence-corrected chi connectivity index (χ0v) is 13.6. The molecule has 0 aromatic rings. The molecular weight excluding hydrogens is 358 g/mol. The third kappa shape index (κ3) is 4.29. The molecule has 1 saturated heterocycles. The normalized spacial score (nSPS) is 40.3. The Morgan fingerprint density at radius 2 is 1.88 bits per heavy atom. The number of ether oxygens (including phenoxy) is 3. The Hall–Kier alpha value is -1.80. The molecule has 0 bridgehead atoms. The van der Waals surface area contributed by atoms with Crippen LogP contribution < -0.4 is 5.32 Å². The van der Waals surface area contributed by atoms with E-state index in [0.717, 1.165) is 13.0 Å². The van der Waals surface area contributed by atoms with Gasteiger partial charge in [0.1, 0.15) is 36.6 Å². The van der Waals surface area contributed by atoms with Crippen LogP contribution in [0.25, 0.3) is 0 Å². The summed E-state index contributed by atoms with van der Waals surface area (Å²) in [6, 6.07) is -1.32. The first kappa shape index (κ1) is 20.5. The van der Waals surface area contributed by atoms with Crippen molar-refractivity contribution in [3.05, 3.63) is 11.8 Å². The number of carboxylic acids is 1. The summed E-state index contributed by atoms with van der Waals surface area (Å²) in [6.07, 6.45) is -10.3. The minimum Gasteiger partial charge on any atom is -0.475 e. The molecule has 0 aromatic heterocycles.